The second-order valence-corrected chi connectivity index (χ2v) is 6.96. The monoisotopic (exact) mass is 405 g/mol. The van der Waals surface area contributed by atoms with E-state index in [2.05, 4.69) is 0 Å². The summed E-state index contributed by atoms with van der Waals surface area (Å²) in [5, 5.41) is 12.2. The van der Waals surface area contributed by atoms with E-state index in [-0.39, 0.29) is 11.6 Å². The zero-order valence-electron chi connectivity index (χ0n) is 14.3. The van der Waals surface area contributed by atoms with Crippen LogP contribution in [0.5, 0.6) is 0 Å². The number of anilines is 1. The van der Waals surface area contributed by atoms with Gasteiger partial charge in [0.15, 0.2) is 0 Å². The summed E-state index contributed by atoms with van der Waals surface area (Å²) in [7, 11) is 0. The Balaban J connectivity index is 1.63. The van der Waals surface area contributed by atoms with Gasteiger partial charge >= 0.3 is 0 Å². The molecule has 0 unspecified atom stereocenters. The second-order valence-electron chi connectivity index (χ2n) is 6.09. The Bertz CT molecular complexity index is 876. The number of rotatable bonds is 4. The quantitative estimate of drug-likeness (QED) is 0.432. The molecule has 0 spiro atoms. The standard InChI is InChI=1S/C19H17Cl2N3O3/c20-15-4-1-14(2-5-15)3-8-19(25)23-11-9-22(10-12-23)17-7-6-16(21)13-18(17)24(26)27/h1-8,13H,9-12H2/b8-3+. The SMILES string of the molecule is O=C(/C=C/c1ccc(Cl)cc1)N1CCN(c2ccc(Cl)cc2[N+](=O)[O-])CC1. The van der Waals surface area contributed by atoms with Crippen LogP contribution in [0.15, 0.2) is 48.5 Å². The van der Waals surface area contributed by atoms with E-state index in [4.69, 9.17) is 23.2 Å². The Hall–Kier alpha value is -2.57. The maximum Gasteiger partial charge on any atom is 0.294 e. The van der Waals surface area contributed by atoms with Gasteiger partial charge in [0.25, 0.3) is 5.69 Å². The molecule has 140 valence electrons. The molecule has 0 radical (unpaired) electrons. The number of nitro benzene ring substituents is 1. The highest BCUT2D eigenvalue weighted by Crippen LogP contribution is 2.31. The molecule has 3 rings (SSSR count). The average Bonchev–Trinajstić information content (AvgIpc) is 2.67. The summed E-state index contributed by atoms with van der Waals surface area (Å²) in [6.45, 7) is 2.01. The number of amides is 1. The van der Waals surface area contributed by atoms with Crippen molar-refractivity contribution in [3.63, 3.8) is 0 Å². The molecule has 1 fully saturated rings. The zero-order valence-corrected chi connectivity index (χ0v) is 15.9. The predicted molar refractivity (Wildman–Crippen MR) is 107 cm³/mol. The van der Waals surface area contributed by atoms with Crippen molar-refractivity contribution in [1.82, 2.24) is 4.90 Å². The number of nitrogens with zero attached hydrogens (tertiary/aromatic N) is 3. The molecule has 0 atom stereocenters. The van der Waals surface area contributed by atoms with Gasteiger partial charge in [-0.3, -0.25) is 14.9 Å². The van der Waals surface area contributed by atoms with Crippen LogP contribution in [0.1, 0.15) is 5.56 Å². The van der Waals surface area contributed by atoms with E-state index in [1.165, 1.54) is 12.1 Å². The van der Waals surface area contributed by atoms with Crippen LogP contribution >= 0.6 is 23.2 Å². The summed E-state index contributed by atoms with van der Waals surface area (Å²) in [6.07, 6.45) is 3.28. The summed E-state index contributed by atoms with van der Waals surface area (Å²) >= 11 is 11.7. The molecule has 0 aromatic heterocycles. The first kappa shape index (κ1) is 19.2. The highest BCUT2D eigenvalue weighted by molar-refractivity contribution is 6.31. The van der Waals surface area contributed by atoms with Gasteiger partial charge in [-0.2, -0.15) is 0 Å². The summed E-state index contributed by atoms with van der Waals surface area (Å²) in [6, 6.07) is 11.8. The van der Waals surface area contributed by atoms with Crippen molar-refractivity contribution in [2.45, 2.75) is 0 Å². The number of carbonyl (C=O) groups excluding carboxylic acids is 1. The van der Waals surface area contributed by atoms with E-state index in [1.807, 2.05) is 17.0 Å². The van der Waals surface area contributed by atoms with Crippen molar-refractivity contribution in [2.24, 2.45) is 0 Å². The fraction of sp³-hybridized carbons (Fsp3) is 0.211. The Morgan fingerprint density at radius 2 is 1.63 bits per heavy atom. The molecule has 8 heteroatoms. The summed E-state index contributed by atoms with van der Waals surface area (Å²) in [5.74, 6) is -0.0878. The van der Waals surface area contributed by atoms with Gasteiger partial charge in [-0.05, 0) is 35.9 Å². The molecule has 1 heterocycles. The van der Waals surface area contributed by atoms with Gasteiger partial charge < -0.3 is 9.80 Å². The van der Waals surface area contributed by atoms with Gasteiger partial charge in [-0.25, -0.2) is 0 Å². The molecule has 1 saturated heterocycles. The predicted octanol–water partition coefficient (Wildman–Crippen LogP) is 4.26. The van der Waals surface area contributed by atoms with E-state index < -0.39 is 4.92 Å². The third kappa shape index (κ3) is 4.78. The van der Waals surface area contributed by atoms with Gasteiger partial charge in [-0.1, -0.05) is 35.3 Å². The van der Waals surface area contributed by atoms with Crippen LogP contribution in [0.25, 0.3) is 6.08 Å². The van der Waals surface area contributed by atoms with Crippen LogP contribution < -0.4 is 4.90 Å². The maximum absolute atomic E-state index is 12.4. The fourth-order valence-electron chi connectivity index (χ4n) is 2.92. The number of hydrogen-bond donors (Lipinski definition) is 0. The van der Waals surface area contributed by atoms with E-state index in [0.29, 0.717) is 41.9 Å². The van der Waals surface area contributed by atoms with Gasteiger partial charge in [0.1, 0.15) is 5.69 Å². The third-order valence-electron chi connectivity index (χ3n) is 4.35. The lowest BCUT2D eigenvalue weighted by atomic mass is 10.2. The minimum absolute atomic E-state index is 0.0232. The van der Waals surface area contributed by atoms with Crippen molar-refractivity contribution >= 4 is 46.6 Å². The third-order valence-corrected chi connectivity index (χ3v) is 4.84. The minimum Gasteiger partial charge on any atom is -0.362 e. The van der Waals surface area contributed by atoms with Crippen molar-refractivity contribution < 1.29 is 9.72 Å². The Labute approximate surface area is 166 Å². The maximum atomic E-state index is 12.4. The van der Waals surface area contributed by atoms with Gasteiger partial charge in [-0.15, -0.1) is 0 Å². The van der Waals surface area contributed by atoms with Gasteiger partial charge in [0, 0.05) is 48.4 Å². The molecule has 6 nitrogen and oxygen atoms in total. The average molecular weight is 406 g/mol. The minimum atomic E-state index is -0.437. The number of halogens is 2. The molecular weight excluding hydrogens is 389 g/mol. The van der Waals surface area contributed by atoms with Gasteiger partial charge in [0.2, 0.25) is 5.91 Å². The zero-order chi connectivity index (χ0) is 19.4. The smallest absolute Gasteiger partial charge is 0.294 e. The topological polar surface area (TPSA) is 66.7 Å². The molecule has 1 aliphatic heterocycles. The molecule has 1 amide bonds. The first-order valence-corrected chi connectivity index (χ1v) is 9.11. The van der Waals surface area contributed by atoms with E-state index in [0.717, 1.165) is 5.56 Å². The molecule has 0 saturated carbocycles. The number of carbonyl (C=O) groups is 1. The second kappa shape index (κ2) is 8.41. The lowest BCUT2D eigenvalue weighted by Gasteiger charge is -2.35. The lowest BCUT2D eigenvalue weighted by molar-refractivity contribution is -0.384. The highest BCUT2D eigenvalue weighted by atomic mass is 35.5. The van der Waals surface area contributed by atoms with Crippen LogP contribution in [-0.2, 0) is 4.79 Å². The van der Waals surface area contributed by atoms with Crippen molar-refractivity contribution in [3.05, 3.63) is 74.3 Å². The summed E-state index contributed by atoms with van der Waals surface area (Å²) in [5.41, 5.74) is 1.39. The fourth-order valence-corrected chi connectivity index (χ4v) is 3.22. The number of nitro groups is 1. The highest BCUT2D eigenvalue weighted by Gasteiger charge is 2.25. The van der Waals surface area contributed by atoms with E-state index in [1.54, 1.807) is 35.2 Å². The van der Waals surface area contributed by atoms with Crippen LogP contribution in [0.4, 0.5) is 11.4 Å². The largest absolute Gasteiger partial charge is 0.362 e. The molecular formula is C19H17Cl2N3O3. The summed E-state index contributed by atoms with van der Waals surface area (Å²) < 4.78 is 0. The number of piperazine rings is 1. The summed E-state index contributed by atoms with van der Waals surface area (Å²) in [4.78, 5) is 26.8. The number of hydrogen-bond acceptors (Lipinski definition) is 4. The molecule has 0 bridgehead atoms. The normalized spacial score (nSPS) is 14.6. The molecule has 2 aromatic rings. The lowest BCUT2D eigenvalue weighted by Crippen LogP contribution is -2.48. The molecule has 2 aromatic carbocycles. The Kier molecular flexibility index (Phi) is 5.98. The van der Waals surface area contributed by atoms with Crippen LogP contribution in [0.2, 0.25) is 10.0 Å². The molecule has 0 aliphatic carbocycles. The van der Waals surface area contributed by atoms with Gasteiger partial charge in [0.05, 0.1) is 4.92 Å². The van der Waals surface area contributed by atoms with Crippen LogP contribution in [-0.4, -0.2) is 41.9 Å². The molecule has 0 N–H and O–H groups in total. The molecule has 27 heavy (non-hydrogen) atoms. The number of benzene rings is 2. The Morgan fingerprint density at radius 1 is 1.00 bits per heavy atom. The van der Waals surface area contributed by atoms with Crippen LogP contribution in [0.3, 0.4) is 0 Å². The van der Waals surface area contributed by atoms with E-state index >= 15 is 0 Å². The first-order valence-electron chi connectivity index (χ1n) is 8.35. The Morgan fingerprint density at radius 3 is 2.26 bits per heavy atom. The van der Waals surface area contributed by atoms with E-state index in [9.17, 15) is 14.9 Å². The van der Waals surface area contributed by atoms with Crippen molar-refractivity contribution in [3.8, 4) is 0 Å². The first-order chi connectivity index (χ1) is 12.9. The molecule has 1 aliphatic rings. The van der Waals surface area contributed by atoms with Crippen molar-refractivity contribution in [2.75, 3.05) is 31.1 Å². The van der Waals surface area contributed by atoms with Crippen LogP contribution in [0, 0.1) is 10.1 Å². The van der Waals surface area contributed by atoms with Crippen molar-refractivity contribution in [1.29, 1.82) is 0 Å².